The number of aliphatic carboxylic acids is 1. The summed E-state index contributed by atoms with van der Waals surface area (Å²) in [6.07, 6.45) is 0. The molecule has 0 aromatic rings. The number of nitrogens with zero attached hydrogens (tertiary/aromatic N) is 1. The maximum Gasteiger partial charge on any atom is 0.328 e. The maximum atomic E-state index is 12.2. The summed E-state index contributed by atoms with van der Waals surface area (Å²) < 4.78 is 21.1. The zero-order valence-corrected chi connectivity index (χ0v) is 12.0. The normalized spacial score (nSPS) is 41.9. The van der Waals surface area contributed by atoms with Crippen LogP contribution < -0.4 is 0 Å². The van der Waals surface area contributed by atoms with E-state index in [2.05, 4.69) is 15.9 Å². The monoisotopic (exact) mass is 345 g/mol. The van der Waals surface area contributed by atoms with E-state index in [0.29, 0.717) is 0 Å². The van der Waals surface area contributed by atoms with Gasteiger partial charge in [-0.05, 0) is 13.8 Å². The number of fused-ring (bicyclic) bond motifs is 1. The van der Waals surface area contributed by atoms with Gasteiger partial charge in [-0.15, -0.1) is 0 Å². The average Bonchev–Trinajstić information content (AvgIpc) is 2.29. The highest BCUT2D eigenvalue weighted by atomic mass is 79.9. The van der Waals surface area contributed by atoms with Crippen LogP contribution in [0.3, 0.4) is 0 Å². The standard InChI is InChI=1S/C8H9BrClNO5S/c1-7(2)3(4(12)13)11-5(14)8(9,10)6(11)17(7,15)16/h3,6H,1-2H3,(H,12,13)/t3-,6+,8+/m0/s1. The fraction of sp³-hybridized carbons (Fsp3) is 0.750. The van der Waals surface area contributed by atoms with Crippen LogP contribution in [0.15, 0.2) is 0 Å². The van der Waals surface area contributed by atoms with Gasteiger partial charge in [0.05, 0.1) is 0 Å². The topological polar surface area (TPSA) is 91.8 Å². The third-order valence-corrected chi connectivity index (χ3v) is 7.71. The molecule has 1 amide bonds. The molecule has 0 aromatic heterocycles. The molecule has 96 valence electrons. The van der Waals surface area contributed by atoms with Gasteiger partial charge in [-0.25, -0.2) is 13.2 Å². The van der Waals surface area contributed by atoms with E-state index in [1.54, 1.807) is 0 Å². The molecule has 1 N–H and O–H groups in total. The number of carboxylic acid groups (broad SMARTS) is 1. The van der Waals surface area contributed by atoms with E-state index in [-0.39, 0.29) is 0 Å². The van der Waals surface area contributed by atoms with Gasteiger partial charge >= 0.3 is 5.97 Å². The molecule has 6 nitrogen and oxygen atoms in total. The van der Waals surface area contributed by atoms with Crippen LogP contribution in [0.1, 0.15) is 13.8 Å². The van der Waals surface area contributed by atoms with E-state index < -0.39 is 41.7 Å². The number of sulfone groups is 1. The van der Waals surface area contributed by atoms with Crippen molar-refractivity contribution >= 4 is 49.2 Å². The summed E-state index contributed by atoms with van der Waals surface area (Å²) in [6, 6.07) is -1.41. The predicted molar refractivity (Wildman–Crippen MR) is 62.6 cm³/mol. The second-order valence-electron chi connectivity index (χ2n) is 4.58. The van der Waals surface area contributed by atoms with E-state index in [0.717, 1.165) is 4.90 Å². The van der Waals surface area contributed by atoms with Crippen LogP contribution in [0, 0.1) is 0 Å². The molecular formula is C8H9BrClNO5S. The molecule has 2 aliphatic rings. The van der Waals surface area contributed by atoms with Crippen LogP contribution in [0.5, 0.6) is 0 Å². The Hall–Kier alpha value is -0.340. The van der Waals surface area contributed by atoms with Crippen LogP contribution in [0.2, 0.25) is 0 Å². The van der Waals surface area contributed by atoms with E-state index in [4.69, 9.17) is 16.7 Å². The third-order valence-electron chi connectivity index (χ3n) is 3.28. The van der Waals surface area contributed by atoms with Crippen molar-refractivity contribution < 1.29 is 23.1 Å². The van der Waals surface area contributed by atoms with Gasteiger partial charge in [0.1, 0.15) is 10.8 Å². The number of alkyl halides is 2. The van der Waals surface area contributed by atoms with Gasteiger partial charge in [0.25, 0.3) is 5.91 Å². The average molecular weight is 347 g/mol. The van der Waals surface area contributed by atoms with Crippen molar-refractivity contribution in [2.24, 2.45) is 0 Å². The van der Waals surface area contributed by atoms with Gasteiger partial charge in [0.2, 0.25) is 3.78 Å². The lowest BCUT2D eigenvalue weighted by atomic mass is 9.98. The van der Waals surface area contributed by atoms with Gasteiger partial charge in [-0.1, -0.05) is 27.5 Å². The third kappa shape index (κ3) is 1.23. The first kappa shape index (κ1) is 13.1. The molecule has 0 saturated carbocycles. The van der Waals surface area contributed by atoms with E-state index in [1.807, 2.05) is 0 Å². The van der Waals surface area contributed by atoms with Crippen molar-refractivity contribution in [3.8, 4) is 0 Å². The highest BCUT2D eigenvalue weighted by Crippen LogP contribution is 2.55. The number of halogens is 2. The Morgan fingerprint density at radius 1 is 1.53 bits per heavy atom. The SMILES string of the molecule is CC1(C)[C@H](C(=O)O)N2C(=O)[C@](Cl)(Br)[C@H]2S1(=O)=O. The maximum absolute atomic E-state index is 12.2. The number of rotatable bonds is 1. The van der Waals surface area contributed by atoms with Gasteiger partial charge in [-0.3, -0.25) is 4.79 Å². The molecule has 0 radical (unpaired) electrons. The highest BCUT2D eigenvalue weighted by molar-refractivity contribution is 9.11. The Morgan fingerprint density at radius 3 is 2.41 bits per heavy atom. The first-order chi connectivity index (χ1) is 7.47. The Kier molecular flexibility index (Phi) is 2.43. The molecule has 3 atom stereocenters. The molecule has 2 heterocycles. The summed E-state index contributed by atoms with van der Waals surface area (Å²) >= 11 is 8.63. The lowest BCUT2D eigenvalue weighted by Crippen LogP contribution is -2.69. The van der Waals surface area contributed by atoms with Crippen LogP contribution in [0.4, 0.5) is 0 Å². The zero-order valence-electron chi connectivity index (χ0n) is 8.85. The number of amides is 1. The highest BCUT2D eigenvalue weighted by Gasteiger charge is 2.77. The van der Waals surface area contributed by atoms with E-state index >= 15 is 0 Å². The minimum Gasteiger partial charge on any atom is -0.480 e. The van der Waals surface area contributed by atoms with Crippen molar-refractivity contribution in [1.29, 1.82) is 0 Å². The number of hydrogen-bond acceptors (Lipinski definition) is 4. The van der Waals surface area contributed by atoms with Crippen LogP contribution in [-0.4, -0.2) is 50.2 Å². The van der Waals surface area contributed by atoms with Gasteiger partial charge < -0.3 is 10.0 Å². The fourth-order valence-corrected chi connectivity index (χ4v) is 6.11. The Labute approximate surface area is 111 Å². The minimum atomic E-state index is -3.85. The molecule has 0 aliphatic carbocycles. The van der Waals surface area contributed by atoms with Crippen molar-refractivity contribution in [3.05, 3.63) is 0 Å². The number of carboxylic acids is 1. The van der Waals surface area contributed by atoms with Gasteiger partial charge in [0, 0.05) is 0 Å². The van der Waals surface area contributed by atoms with E-state index in [1.165, 1.54) is 13.8 Å². The number of hydrogen-bond donors (Lipinski definition) is 1. The summed E-state index contributed by atoms with van der Waals surface area (Å²) in [6.45, 7) is 2.57. The quantitative estimate of drug-likeness (QED) is 0.539. The van der Waals surface area contributed by atoms with Gasteiger partial charge in [0.15, 0.2) is 15.2 Å². The molecule has 9 heteroatoms. The Balaban J connectivity index is 2.65. The molecular weight excluding hydrogens is 338 g/mol. The second kappa shape index (κ2) is 3.16. The van der Waals surface area contributed by atoms with Crippen molar-refractivity contribution in [1.82, 2.24) is 4.90 Å². The summed E-state index contributed by atoms with van der Waals surface area (Å²) in [5.74, 6) is -2.08. The lowest BCUT2D eigenvalue weighted by molar-refractivity contribution is -0.157. The van der Waals surface area contributed by atoms with Crippen LogP contribution in [0.25, 0.3) is 0 Å². The minimum absolute atomic E-state index is 0.731. The number of carbonyl (C=O) groups is 2. The van der Waals surface area contributed by atoms with Crippen LogP contribution >= 0.6 is 27.5 Å². The summed E-state index contributed by atoms with van der Waals surface area (Å²) in [5.41, 5.74) is 0. The molecule has 17 heavy (non-hydrogen) atoms. The second-order valence-corrected chi connectivity index (χ2v) is 9.47. The lowest BCUT2D eigenvalue weighted by Gasteiger charge is -2.44. The molecule has 2 saturated heterocycles. The largest absolute Gasteiger partial charge is 0.480 e. The summed E-state index contributed by atoms with van der Waals surface area (Å²) in [7, 11) is -3.85. The Morgan fingerprint density at radius 2 is 2.00 bits per heavy atom. The van der Waals surface area contributed by atoms with Crippen molar-refractivity contribution in [2.75, 3.05) is 0 Å². The van der Waals surface area contributed by atoms with Crippen molar-refractivity contribution in [2.45, 2.75) is 33.8 Å². The molecule has 0 aromatic carbocycles. The molecule has 0 unspecified atom stereocenters. The number of carbonyl (C=O) groups excluding carboxylic acids is 1. The number of β-lactam (4-membered cyclic amide) rings is 1. The summed E-state index contributed by atoms with van der Waals surface area (Å²) in [5, 5.41) is 7.74. The molecule has 2 rings (SSSR count). The fourth-order valence-electron chi connectivity index (χ4n) is 2.28. The smallest absolute Gasteiger partial charge is 0.328 e. The zero-order chi connectivity index (χ0) is 13.4. The predicted octanol–water partition coefficient (Wildman–Crippen LogP) is 0.145. The van der Waals surface area contributed by atoms with E-state index in [9.17, 15) is 18.0 Å². The van der Waals surface area contributed by atoms with Gasteiger partial charge in [-0.2, -0.15) is 0 Å². The Bertz CT molecular complexity index is 528. The molecule has 2 aliphatic heterocycles. The molecule has 0 spiro atoms. The molecule has 0 bridgehead atoms. The van der Waals surface area contributed by atoms with Crippen LogP contribution in [-0.2, 0) is 19.4 Å². The molecule has 2 fully saturated rings. The van der Waals surface area contributed by atoms with Crippen molar-refractivity contribution in [3.63, 3.8) is 0 Å². The first-order valence-electron chi connectivity index (χ1n) is 4.64. The first-order valence-corrected chi connectivity index (χ1v) is 7.36. The summed E-state index contributed by atoms with van der Waals surface area (Å²) in [4.78, 5) is 23.6.